The molecule has 1 aliphatic rings. The number of benzene rings is 2. The van der Waals surface area contributed by atoms with E-state index in [-0.39, 0.29) is 18.6 Å². The number of anilines is 1. The maximum atomic E-state index is 12.4. The molecule has 1 amide bonds. The molecule has 0 bridgehead atoms. The molecule has 0 spiro atoms. The van der Waals surface area contributed by atoms with Crippen LogP contribution >= 0.6 is 0 Å². The predicted molar refractivity (Wildman–Crippen MR) is 110 cm³/mol. The van der Waals surface area contributed by atoms with Crippen LogP contribution in [0, 0.1) is 5.41 Å². The largest absolute Gasteiger partial charge is 0.443 e. The van der Waals surface area contributed by atoms with Gasteiger partial charge >= 0.3 is 5.97 Å². The van der Waals surface area contributed by atoms with Crippen molar-refractivity contribution in [3.05, 3.63) is 65.9 Å². The van der Waals surface area contributed by atoms with Crippen molar-refractivity contribution in [2.75, 3.05) is 5.32 Å². The SMILES string of the molecule is CC(C)(C)C(=O)OCn1cc(/C=C2\C(=O)Nc3ccccc32)c2ccccc21. The number of hydrogen-bond acceptors (Lipinski definition) is 3. The zero-order valence-electron chi connectivity index (χ0n) is 16.2. The van der Waals surface area contributed by atoms with E-state index in [2.05, 4.69) is 5.32 Å². The van der Waals surface area contributed by atoms with Crippen LogP contribution in [0.3, 0.4) is 0 Å². The summed E-state index contributed by atoms with van der Waals surface area (Å²) < 4.78 is 7.38. The second-order valence-electron chi connectivity index (χ2n) is 7.94. The van der Waals surface area contributed by atoms with Crippen LogP contribution in [-0.2, 0) is 21.1 Å². The van der Waals surface area contributed by atoms with Crippen LogP contribution in [0.5, 0.6) is 0 Å². The molecule has 0 unspecified atom stereocenters. The number of rotatable bonds is 3. The van der Waals surface area contributed by atoms with E-state index in [1.54, 1.807) is 0 Å². The standard InChI is InChI=1S/C23H22N2O3/c1-23(2,3)22(27)28-14-25-13-15(16-8-5-7-11-20(16)25)12-18-17-9-4-6-10-19(17)24-21(18)26/h4-13H,14H2,1-3H3,(H,24,26)/b18-12-. The number of fused-ring (bicyclic) bond motifs is 2. The first-order chi connectivity index (χ1) is 13.3. The third-order valence-corrected chi connectivity index (χ3v) is 4.78. The van der Waals surface area contributed by atoms with E-state index in [9.17, 15) is 9.59 Å². The number of aromatic nitrogens is 1. The van der Waals surface area contributed by atoms with Crippen molar-refractivity contribution in [3.8, 4) is 0 Å². The number of nitrogens with zero attached hydrogens (tertiary/aromatic N) is 1. The van der Waals surface area contributed by atoms with Crippen LogP contribution in [-0.4, -0.2) is 16.4 Å². The fourth-order valence-electron chi connectivity index (χ4n) is 3.28. The highest BCUT2D eigenvalue weighted by atomic mass is 16.5. The molecule has 0 aliphatic carbocycles. The lowest BCUT2D eigenvalue weighted by molar-refractivity contribution is -0.156. The molecule has 0 radical (unpaired) electrons. The van der Waals surface area contributed by atoms with Gasteiger partial charge in [0.05, 0.1) is 10.9 Å². The normalized spacial score (nSPS) is 15.0. The van der Waals surface area contributed by atoms with Gasteiger partial charge in [0.1, 0.15) is 0 Å². The Morgan fingerprint density at radius 1 is 1.11 bits per heavy atom. The van der Waals surface area contributed by atoms with Crippen LogP contribution in [0.4, 0.5) is 5.69 Å². The fraction of sp³-hybridized carbons (Fsp3) is 0.217. The van der Waals surface area contributed by atoms with E-state index in [0.29, 0.717) is 5.57 Å². The molecular weight excluding hydrogens is 352 g/mol. The first-order valence-electron chi connectivity index (χ1n) is 9.22. The van der Waals surface area contributed by atoms with E-state index >= 15 is 0 Å². The van der Waals surface area contributed by atoms with Gasteiger partial charge in [-0.25, -0.2) is 0 Å². The average Bonchev–Trinajstić information content (AvgIpc) is 3.17. The molecule has 1 N–H and O–H groups in total. The molecular formula is C23H22N2O3. The number of ether oxygens (including phenoxy) is 1. The second kappa shape index (κ2) is 6.68. The van der Waals surface area contributed by atoms with Gasteiger partial charge in [0.2, 0.25) is 0 Å². The van der Waals surface area contributed by atoms with Crippen LogP contribution in [0.15, 0.2) is 54.7 Å². The van der Waals surface area contributed by atoms with Crippen molar-refractivity contribution in [1.29, 1.82) is 0 Å². The minimum absolute atomic E-state index is 0.114. The molecule has 1 aromatic heterocycles. The minimum Gasteiger partial charge on any atom is -0.443 e. The Balaban J connectivity index is 1.73. The Morgan fingerprint density at radius 3 is 2.61 bits per heavy atom. The maximum Gasteiger partial charge on any atom is 0.312 e. The number of hydrogen-bond donors (Lipinski definition) is 1. The molecule has 2 aromatic carbocycles. The Hall–Kier alpha value is -3.34. The monoisotopic (exact) mass is 374 g/mol. The fourth-order valence-corrected chi connectivity index (χ4v) is 3.28. The van der Waals surface area contributed by atoms with Gasteiger partial charge < -0.3 is 14.6 Å². The molecule has 1 aliphatic heterocycles. The highest BCUT2D eigenvalue weighted by molar-refractivity contribution is 6.35. The molecule has 0 atom stereocenters. The molecule has 5 nitrogen and oxygen atoms in total. The van der Waals surface area contributed by atoms with Gasteiger partial charge in [0, 0.05) is 34.0 Å². The van der Waals surface area contributed by atoms with Gasteiger partial charge in [-0.1, -0.05) is 36.4 Å². The molecule has 4 rings (SSSR count). The average molecular weight is 374 g/mol. The smallest absolute Gasteiger partial charge is 0.312 e. The second-order valence-corrected chi connectivity index (χ2v) is 7.94. The lowest BCUT2D eigenvalue weighted by atomic mass is 9.98. The van der Waals surface area contributed by atoms with E-state index in [1.807, 2.05) is 86.1 Å². The van der Waals surface area contributed by atoms with Crippen molar-refractivity contribution in [1.82, 2.24) is 4.57 Å². The Bertz CT molecular complexity index is 1120. The van der Waals surface area contributed by atoms with Crippen molar-refractivity contribution in [3.63, 3.8) is 0 Å². The van der Waals surface area contributed by atoms with E-state index < -0.39 is 5.41 Å². The molecule has 0 fully saturated rings. The summed E-state index contributed by atoms with van der Waals surface area (Å²) in [5.74, 6) is -0.369. The zero-order valence-corrected chi connectivity index (χ0v) is 16.2. The van der Waals surface area contributed by atoms with Gasteiger partial charge in [0.25, 0.3) is 5.91 Å². The van der Waals surface area contributed by atoms with E-state index in [1.165, 1.54) is 0 Å². The van der Waals surface area contributed by atoms with Crippen LogP contribution < -0.4 is 5.32 Å². The summed E-state index contributed by atoms with van der Waals surface area (Å²) in [5, 5.41) is 3.89. The zero-order chi connectivity index (χ0) is 19.9. The summed E-state index contributed by atoms with van der Waals surface area (Å²) in [7, 11) is 0. The number of para-hydroxylation sites is 2. The number of carbonyl (C=O) groups is 2. The first kappa shape index (κ1) is 18.0. The maximum absolute atomic E-state index is 12.4. The molecule has 0 saturated carbocycles. The summed E-state index contributed by atoms with van der Waals surface area (Å²) in [6, 6.07) is 15.5. The Morgan fingerprint density at radius 2 is 1.82 bits per heavy atom. The molecule has 142 valence electrons. The quantitative estimate of drug-likeness (QED) is 0.535. The summed E-state index contributed by atoms with van der Waals surface area (Å²) in [6.07, 6.45) is 3.81. The third kappa shape index (κ3) is 3.20. The summed E-state index contributed by atoms with van der Waals surface area (Å²) >= 11 is 0. The van der Waals surface area contributed by atoms with Crippen LogP contribution in [0.25, 0.3) is 22.6 Å². The van der Waals surface area contributed by atoms with E-state index in [4.69, 9.17) is 4.74 Å². The number of esters is 1. The van der Waals surface area contributed by atoms with Crippen LogP contribution in [0.1, 0.15) is 31.9 Å². The Labute approximate surface area is 163 Å². The highest BCUT2D eigenvalue weighted by Crippen LogP contribution is 2.34. The van der Waals surface area contributed by atoms with Crippen molar-refractivity contribution in [2.24, 2.45) is 5.41 Å². The van der Waals surface area contributed by atoms with Crippen molar-refractivity contribution in [2.45, 2.75) is 27.5 Å². The summed E-state index contributed by atoms with van der Waals surface area (Å²) in [4.78, 5) is 24.6. The molecule has 3 aromatic rings. The van der Waals surface area contributed by atoms with Gasteiger partial charge in [-0.2, -0.15) is 0 Å². The molecule has 5 heteroatoms. The Kier molecular flexibility index (Phi) is 4.30. The lowest BCUT2D eigenvalue weighted by Crippen LogP contribution is -2.23. The first-order valence-corrected chi connectivity index (χ1v) is 9.22. The number of nitrogens with one attached hydrogen (secondary N) is 1. The third-order valence-electron chi connectivity index (χ3n) is 4.78. The highest BCUT2D eigenvalue weighted by Gasteiger charge is 2.25. The van der Waals surface area contributed by atoms with Gasteiger partial charge in [-0.05, 0) is 39.0 Å². The van der Waals surface area contributed by atoms with Gasteiger partial charge in [-0.15, -0.1) is 0 Å². The summed E-state index contributed by atoms with van der Waals surface area (Å²) in [6.45, 7) is 5.61. The lowest BCUT2D eigenvalue weighted by Gasteiger charge is -2.17. The van der Waals surface area contributed by atoms with Gasteiger partial charge in [-0.3, -0.25) is 9.59 Å². The number of amides is 1. The van der Waals surface area contributed by atoms with Crippen molar-refractivity contribution >= 4 is 40.1 Å². The summed E-state index contributed by atoms with van der Waals surface area (Å²) in [5.41, 5.74) is 3.64. The van der Waals surface area contributed by atoms with Gasteiger partial charge in [0.15, 0.2) is 6.73 Å². The van der Waals surface area contributed by atoms with Crippen molar-refractivity contribution < 1.29 is 14.3 Å². The predicted octanol–water partition coefficient (Wildman–Crippen LogP) is 4.68. The van der Waals surface area contributed by atoms with E-state index in [0.717, 1.165) is 27.7 Å². The minimum atomic E-state index is -0.556. The van der Waals surface area contributed by atoms with Crippen LogP contribution in [0.2, 0.25) is 0 Å². The molecule has 28 heavy (non-hydrogen) atoms. The topological polar surface area (TPSA) is 60.3 Å². The number of carbonyl (C=O) groups excluding carboxylic acids is 2. The molecule has 2 heterocycles. The molecule has 0 saturated heterocycles.